The lowest BCUT2D eigenvalue weighted by atomic mass is 10.1. The first-order valence-corrected chi connectivity index (χ1v) is 8.09. The molecule has 0 unspecified atom stereocenters. The Hall–Kier alpha value is -3.07. The van der Waals surface area contributed by atoms with E-state index in [1.54, 1.807) is 38.1 Å². The lowest BCUT2D eigenvalue weighted by Crippen LogP contribution is -2.21. The molecule has 3 aromatic rings. The monoisotopic (exact) mass is 358 g/mol. The van der Waals surface area contributed by atoms with Gasteiger partial charge in [0.25, 0.3) is 11.6 Å². The zero-order valence-electron chi connectivity index (χ0n) is 13.5. The Bertz CT molecular complexity index is 970. The fourth-order valence-electron chi connectivity index (χ4n) is 2.47. The van der Waals surface area contributed by atoms with Crippen LogP contribution in [-0.2, 0) is 4.79 Å². The van der Waals surface area contributed by atoms with E-state index in [9.17, 15) is 14.9 Å². The van der Waals surface area contributed by atoms with Crippen molar-refractivity contribution in [1.29, 1.82) is 0 Å². The van der Waals surface area contributed by atoms with Crippen molar-refractivity contribution < 1.29 is 14.5 Å². The van der Waals surface area contributed by atoms with E-state index < -0.39 is 4.92 Å². The van der Waals surface area contributed by atoms with Crippen molar-refractivity contribution in [3.05, 3.63) is 51.6 Å². The van der Waals surface area contributed by atoms with Crippen LogP contribution in [0.4, 0.5) is 11.4 Å². The second-order valence-corrected chi connectivity index (χ2v) is 5.92. The van der Waals surface area contributed by atoms with Crippen LogP contribution in [0.3, 0.4) is 0 Å². The molecule has 0 saturated carbocycles. The van der Waals surface area contributed by atoms with Gasteiger partial charge in [-0.2, -0.15) is 8.75 Å². The van der Waals surface area contributed by atoms with Crippen molar-refractivity contribution >= 4 is 40.0 Å². The van der Waals surface area contributed by atoms with Gasteiger partial charge in [-0.15, -0.1) is 0 Å². The van der Waals surface area contributed by atoms with Gasteiger partial charge in [0, 0.05) is 6.07 Å². The fourth-order valence-corrected chi connectivity index (χ4v) is 3.02. The predicted molar refractivity (Wildman–Crippen MR) is 94.1 cm³/mol. The van der Waals surface area contributed by atoms with E-state index in [0.29, 0.717) is 28.0 Å². The summed E-state index contributed by atoms with van der Waals surface area (Å²) < 4.78 is 13.8. The van der Waals surface area contributed by atoms with Crippen LogP contribution in [-0.4, -0.2) is 26.2 Å². The molecule has 1 aromatic heterocycles. The Morgan fingerprint density at radius 2 is 2.08 bits per heavy atom. The van der Waals surface area contributed by atoms with Crippen LogP contribution < -0.4 is 10.1 Å². The Morgan fingerprint density at radius 3 is 2.84 bits per heavy atom. The van der Waals surface area contributed by atoms with Gasteiger partial charge < -0.3 is 10.1 Å². The van der Waals surface area contributed by atoms with Gasteiger partial charge in [0.1, 0.15) is 16.8 Å². The molecular weight excluding hydrogens is 344 g/mol. The van der Waals surface area contributed by atoms with Gasteiger partial charge >= 0.3 is 0 Å². The first kappa shape index (κ1) is 16.8. The molecule has 0 spiro atoms. The molecule has 0 atom stereocenters. The molecule has 1 amide bonds. The number of nitro groups is 1. The minimum atomic E-state index is -0.475. The number of nitrogens with zero attached hydrogens (tertiary/aromatic N) is 3. The molecule has 0 aliphatic carbocycles. The van der Waals surface area contributed by atoms with Gasteiger partial charge in [-0.3, -0.25) is 14.9 Å². The highest BCUT2D eigenvalue weighted by atomic mass is 32.1. The molecule has 0 bridgehead atoms. The van der Waals surface area contributed by atoms with E-state index in [1.807, 2.05) is 0 Å². The fraction of sp³-hybridized carbons (Fsp3) is 0.188. The van der Waals surface area contributed by atoms with Crippen molar-refractivity contribution in [2.75, 3.05) is 11.9 Å². The number of ether oxygens (including phenoxy) is 1. The number of fused-ring (bicyclic) bond motifs is 1. The maximum Gasteiger partial charge on any atom is 0.276 e. The molecule has 0 aliphatic heterocycles. The molecule has 1 N–H and O–H groups in total. The number of aryl methyl sites for hydroxylation is 1. The topological polar surface area (TPSA) is 107 Å². The summed E-state index contributed by atoms with van der Waals surface area (Å²) >= 11 is 1.07. The van der Waals surface area contributed by atoms with Gasteiger partial charge in [0.05, 0.1) is 27.9 Å². The third-order valence-corrected chi connectivity index (χ3v) is 4.22. The van der Waals surface area contributed by atoms with Crippen LogP contribution in [0.25, 0.3) is 11.0 Å². The van der Waals surface area contributed by atoms with Crippen LogP contribution in [0.5, 0.6) is 5.75 Å². The Morgan fingerprint density at radius 1 is 1.28 bits per heavy atom. The quantitative estimate of drug-likeness (QED) is 0.554. The minimum Gasteiger partial charge on any atom is -0.483 e. The van der Waals surface area contributed by atoms with E-state index in [2.05, 4.69) is 14.1 Å². The third kappa shape index (κ3) is 3.41. The minimum absolute atomic E-state index is 0.0423. The summed E-state index contributed by atoms with van der Waals surface area (Å²) in [6.07, 6.45) is 0. The van der Waals surface area contributed by atoms with E-state index in [4.69, 9.17) is 4.74 Å². The van der Waals surface area contributed by atoms with Gasteiger partial charge in [0.2, 0.25) is 0 Å². The summed E-state index contributed by atoms with van der Waals surface area (Å²) in [6, 6.07) is 8.33. The van der Waals surface area contributed by atoms with Crippen molar-refractivity contribution in [1.82, 2.24) is 8.75 Å². The number of amides is 1. The van der Waals surface area contributed by atoms with Crippen LogP contribution in [0.15, 0.2) is 30.3 Å². The molecule has 9 heteroatoms. The number of nitro benzene ring substituents is 1. The first-order chi connectivity index (χ1) is 12.0. The van der Waals surface area contributed by atoms with Crippen molar-refractivity contribution in [2.24, 2.45) is 0 Å². The predicted octanol–water partition coefficient (Wildman–Crippen LogP) is 3.23. The van der Waals surface area contributed by atoms with Gasteiger partial charge in [-0.25, -0.2) is 0 Å². The molecule has 3 rings (SSSR count). The first-order valence-electron chi connectivity index (χ1n) is 7.36. The summed E-state index contributed by atoms with van der Waals surface area (Å²) in [5.41, 5.74) is 2.94. The van der Waals surface area contributed by atoms with Crippen molar-refractivity contribution in [2.45, 2.75) is 13.8 Å². The summed E-state index contributed by atoms with van der Waals surface area (Å²) in [5.74, 6) is -0.0383. The molecule has 0 aliphatic rings. The molecule has 2 aromatic carbocycles. The Labute approximate surface area is 146 Å². The van der Waals surface area contributed by atoms with Crippen molar-refractivity contribution in [3.63, 3.8) is 0 Å². The molecular formula is C16H14N4O4S. The van der Waals surface area contributed by atoms with Crippen LogP contribution in [0, 0.1) is 24.0 Å². The summed E-state index contributed by atoms with van der Waals surface area (Å²) in [6.45, 7) is 3.10. The standard InChI is InChI=1S/C16H14N4O4S/c1-9-6-7-13(20(22)23)10(2)16(9)24-8-14(21)17-11-4-3-5-12-15(11)19-25-18-12/h3-7H,8H2,1-2H3,(H,17,21). The number of anilines is 1. The van der Waals surface area contributed by atoms with Crippen LogP contribution in [0.2, 0.25) is 0 Å². The van der Waals surface area contributed by atoms with E-state index in [-0.39, 0.29) is 18.2 Å². The summed E-state index contributed by atoms with van der Waals surface area (Å²) in [5, 5.41) is 13.7. The Balaban J connectivity index is 1.74. The van der Waals surface area contributed by atoms with Crippen LogP contribution in [0.1, 0.15) is 11.1 Å². The van der Waals surface area contributed by atoms with Gasteiger partial charge in [-0.05, 0) is 37.6 Å². The second kappa shape index (κ2) is 6.81. The normalized spacial score (nSPS) is 10.6. The number of nitrogens with one attached hydrogen (secondary N) is 1. The number of aromatic nitrogens is 2. The molecule has 0 fully saturated rings. The average Bonchev–Trinajstić information content (AvgIpc) is 3.04. The second-order valence-electron chi connectivity index (χ2n) is 5.39. The number of rotatable bonds is 5. The highest BCUT2D eigenvalue weighted by Crippen LogP contribution is 2.31. The maximum absolute atomic E-state index is 12.2. The number of benzene rings is 2. The molecule has 25 heavy (non-hydrogen) atoms. The zero-order chi connectivity index (χ0) is 18.0. The number of carbonyl (C=O) groups is 1. The summed E-state index contributed by atoms with van der Waals surface area (Å²) in [7, 11) is 0. The zero-order valence-corrected chi connectivity index (χ0v) is 14.3. The summed E-state index contributed by atoms with van der Waals surface area (Å²) in [4.78, 5) is 22.7. The average molecular weight is 358 g/mol. The smallest absolute Gasteiger partial charge is 0.276 e. The van der Waals surface area contributed by atoms with E-state index >= 15 is 0 Å². The van der Waals surface area contributed by atoms with Gasteiger partial charge in [-0.1, -0.05) is 6.07 Å². The molecule has 128 valence electrons. The molecule has 0 radical (unpaired) electrons. The van der Waals surface area contributed by atoms with Crippen molar-refractivity contribution in [3.8, 4) is 5.75 Å². The number of hydrogen-bond donors (Lipinski definition) is 1. The lowest BCUT2D eigenvalue weighted by Gasteiger charge is -2.12. The largest absolute Gasteiger partial charge is 0.483 e. The van der Waals surface area contributed by atoms with Crippen LogP contribution >= 0.6 is 11.7 Å². The Kier molecular flexibility index (Phi) is 4.57. The van der Waals surface area contributed by atoms with Gasteiger partial charge in [0.15, 0.2) is 6.61 Å². The molecule has 1 heterocycles. The highest BCUT2D eigenvalue weighted by Gasteiger charge is 2.18. The van der Waals surface area contributed by atoms with E-state index in [1.165, 1.54) is 6.07 Å². The highest BCUT2D eigenvalue weighted by molar-refractivity contribution is 7.00. The number of carbonyl (C=O) groups excluding carboxylic acids is 1. The molecule has 0 saturated heterocycles. The number of hydrogen-bond acceptors (Lipinski definition) is 7. The lowest BCUT2D eigenvalue weighted by molar-refractivity contribution is -0.385. The maximum atomic E-state index is 12.2. The third-order valence-electron chi connectivity index (χ3n) is 3.68. The SMILES string of the molecule is Cc1ccc([N+](=O)[O-])c(C)c1OCC(=O)Nc1cccc2nsnc12. The van der Waals surface area contributed by atoms with E-state index in [0.717, 1.165) is 17.3 Å². The molecule has 8 nitrogen and oxygen atoms in total.